The molecule has 1 saturated heterocycles. The normalized spacial score (nSPS) is 14.8. The summed E-state index contributed by atoms with van der Waals surface area (Å²) < 4.78 is 4.58. The van der Waals surface area contributed by atoms with Crippen LogP contribution in [0.25, 0.3) is 17.3 Å². The van der Waals surface area contributed by atoms with Gasteiger partial charge in [0.25, 0.3) is 0 Å². The number of halogens is 2. The monoisotopic (exact) mass is 568 g/mol. The fraction of sp³-hybridized carbons (Fsp3) is 0.286. The summed E-state index contributed by atoms with van der Waals surface area (Å²) in [5.74, 6) is 0.420. The molecule has 4 rings (SSSR count). The van der Waals surface area contributed by atoms with Crippen molar-refractivity contribution in [3.8, 4) is 11.3 Å². The summed E-state index contributed by atoms with van der Waals surface area (Å²) in [6.07, 6.45) is 6.31. The van der Waals surface area contributed by atoms with Crippen molar-refractivity contribution < 1.29 is 14.3 Å². The van der Waals surface area contributed by atoms with Gasteiger partial charge in [-0.2, -0.15) is 0 Å². The van der Waals surface area contributed by atoms with Crippen molar-refractivity contribution in [3.63, 3.8) is 0 Å². The van der Waals surface area contributed by atoms with E-state index in [1.807, 2.05) is 18.2 Å². The Hall–Kier alpha value is -3.66. The largest absolute Gasteiger partial charge is 0.466 e. The fourth-order valence-corrected chi connectivity index (χ4v) is 4.65. The van der Waals surface area contributed by atoms with E-state index in [4.69, 9.17) is 28.9 Å². The lowest BCUT2D eigenvalue weighted by Crippen LogP contribution is -2.53. The number of esters is 1. The van der Waals surface area contributed by atoms with Gasteiger partial charge in [-0.25, -0.2) is 14.8 Å². The number of carbonyl (C=O) groups is 2. The molecule has 0 radical (unpaired) electrons. The summed E-state index contributed by atoms with van der Waals surface area (Å²) in [4.78, 5) is 35.0. The van der Waals surface area contributed by atoms with Gasteiger partial charge in [0.15, 0.2) is 5.82 Å². The number of nitrogens with two attached hydrogens (primary N) is 1. The van der Waals surface area contributed by atoms with Crippen LogP contribution in [0.4, 0.5) is 17.3 Å². The Morgan fingerprint density at radius 3 is 2.54 bits per heavy atom. The van der Waals surface area contributed by atoms with Crippen LogP contribution >= 0.6 is 23.2 Å². The summed E-state index contributed by atoms with van der Waals surface area (Å²) in [5.41, 5.74) is 8.67. The highest BCUT2D eigenvalue weighted by atomic mass is 35.5. The van der Waals surface area contributed by atoms with Gasteiger partial charge in [-0.15, -0.1) is 0 Å². The van der Waals surface area contributed by atoms with Crippen molar-refractivity contribution in [2.75, 3.05) is 42.7 Å². The molecule has 0 aliphatic carbocycles. The van der Waals surface area contributed by atoms with E-state index in [9.17, 15) is 9.59 Å². The fourth-order valence-electron chi connectivity index (χ4n) is 4.26. The first kappa shape index (κ1) is 28.4. The van der Waals surface area contributed by atoms with E-state index in [1.165, 1.54) is 13.2 Å². The minimum absolute atomic E-state index is 0.134. The Morgan fingerprint density at radius 1 is 1.15 bits per heavy atom. The molecule has 39 heavy (non-hydrogen) atoms. The number of methoxy groups -OCH3 is 1. The van der Waals surface area contributed by atoms with E-state index < -0.39 is 5.97 Å². The van der Waals surface area contributed by atoms with Crippen LogP contribution in [0, 0.1) is 0 Å². The number of piperidine rings is 1. The van der Waals surface area contributed by atoms with Crippen molar-refractivity contribution in [1.29, 1.82) is 0 Å². The topological polar surface area (TPSA) is 122 Å². The molecule has 1 fully saturated rings. The first-order valence-electron chi connectivity index (χ1n) is 12.4. The lowest BCUT2D eigenvalue weighted by atomic mass is 9.89. The average Bonchev–Trinajstić information content (AvgIpc) is 2.93. The van der Waals surface area contributed by atoms with Crippen LogP contribution in [0.2, 0.25) is 10.0 Å². The standard InChI is InChI=1S/C28H30Cl2N6O3/c1-28(33-17-23(37)34-19-9-6-18(7-10-19)8-11-24(38)39-2)12-14-36(15-13-28)22-16-32-26(27(31)35-22)20-4-3-5-21(29)25(20)30/h3-11,16,33H,12-15,17H2,1-2H3,(H2,31,35)(H,34,37)/b11-8+. The van der Waals surface area contributed by atoms with Crippen molar-refractivity contribution in [2.45, 2.75) is 25.3 Å². The lowest BCUT2D eigenvalue weighted by Gasteiger charge is -2.40. The van der Waals surface area contributed by atoms with Crippen LogP contribution in [0.1, 0.15) is 25.3 Å². The van der Waals surface area contributed by atoms with E-state index in [2.05, 4.69) is 37.2 Å². The molecule has 1 aliphatic rings. The third-order valence-corrected chi connectivity index (χ3v) is 7.49. The smallest absolute Gasteiger partial charge is 0.330 e. The molecule has 0 bridgehead atoms. The quantitative estimate of drug-likeness (QED) is 0.261. The molecule has 11 heteroatoms. The number of nitrogens with one attached hydrogen (secondary N) is 2. The van der Waals surface area contributed by atoms with Gasteiger partial charge < -0.3 is 26.0 Å². The van der Waals surface area contributed by atoms with Crippen molar-refractivity contribution in [3.05, 3.63) is 70.3 Å². The van der Waals surface area contributed by atoms with Gasteiger partial charge >= 0.3 is 5.97 Å². The number of amides is 1. The van der Waals surface area contributed by atoms with Gasteiger partial charge in [-0.05, 0) is 49.6 Å². The first-order valence-corrected chi connectivity index (χ1v) is 13.2. The second-order valence-electron chi connectivity index (χ2n) is 9.49. The molecule has 9 nitrogen and oxygen atoms in total. The summed E-state index contributed by atoms with van der Waals surface area (Å²) >= 11 is 12.5. The highest BCUT2D eigenvalue weighted by Gasteiger charge is 2.31. The minimum Gasteiger partial charge on any atom is -0.466 e. The number of rotatable bonds is 8. The average molecular weight is 569 g/mol. The SMILES string of the molecule is COC(=O)/C=C/c1ccc(NC(=O)CNC2(C)CCN(c3cnc(-c4cccc(Cl)c4Cl)c(N)n3)CC2)cc1. The van der Waals surface area contributed by atoms with E-state index in [0.29, 0.717) is 32.8 Å². The molecule has 1 aromatic heterocycles. The molecule has 1 amide bonds. The minimum atomic E-state index is -0.424. The predicted molar refractivity (Wildman–Crippen MR) is 156 cm³/mol. The van der Waals surface area contributed by atoms with E-state index >= 15 is 0 Å². The van der Waals surface area contributed by atoms with Crippen LogP contribution in [0.3, 0.4) is 0 Å². The zero-order valence-electron chi connectivity index (χ0n) is 21.7. The van der Waals surface area contributed by atoms with Crippen molar-refractivity contribution >= 4 is 58.5 Å². The molecule has 3 aromatic rings. The van der Waals surface area contributed by atoms with Crippen molar-refractivity contribution in [2.24, 2.45) is 0 Å². The summed E-state index contributed by atoms with van der Waals surface area (Å²) in [7, 11) is 1.33. The molecule has 0 spiro atoms. The molecular formula is C28H30Cl2N6O3. The number of nitrogens with zero attached hydrogens (tertiary/aromatic N) is 3. The van der Waals surface area contributed by atoms with Gasteiger partial charge in [-0.3, -0.25) is 4.79 Å². The zero-order valence-corrected chi connectivity index (χ0v) is 23.2. The summed E-state index contributed by atoms with van der Waals surface area (Å²) in [5, 5.41) is 7.12. The van der Waals surface area contributed by atoms with Gasteiger partial charge in [0.1, 0.15) is 11.5 Å². The number of hydrogen-bond donors (Lipinski definition) is 3. The van der Waals surface area contributed by atoms with Gasteiger partial charge in [0, 0.05) is 36.0 Å². The first-order chi connectivity index (χ1) is 18.7. The molecule has 4 N–H and O–H groups in total. The number of benzene rings is 2. The maximum Gasteiger partial charge on any atom is 0.330 e. The number of anilines is 3. The van der Waals surface area contributed by atoms with Crippen LogP contribution in [0.5, 0.6) is 0 Å². The molecule has 2 heterocycles. The number of hydrogen-bond acceptors (Lipinski definition) is 8. The van der Waals surface area contributed by atoms with Gasteiger partial charge in [-0.1, -0.05) is 47.5 Å². The Labute approximate surface area is 237 Å². The Bertz CT molecular complexity index is 1370. The lowest BCUT2D eigenvalue weighted by molar-refractivity contribution is -0.134. The highest BCUT2D eigenvalue weighted by molar-refractivity contribution is 6.43. The molecule has 204 valence electrons. The van der Waals surface area contributed by atoms with E-state index in [1.54, 1.807) is 36.5 Å². The molecule has 0 saturated carbocycles. The van der Waals surface area contributed by atoms with E-state index in [0.717, 1.165) is 31.5 Å². The Balaban J connectivity index is 1.28. The highest BCUT2D eigenvalue weighted by Crippen LogP contribution is 2.35. The summed E-state index contributed by atoms with van der Waals surface area (Å²) in [6, 6.07) is 12.5. The molecule has 0 atom stereocenters. The third-order valence-electron chi connectivity index (χ3n) is 6.67. The Kier molecular flexibility index (Phi) is 9.06. The van der Waals surface area contributed by atoms with Crippen LogP contribution < -0.4 is 21.3 Å². The number of nitrogen functional groups attached to an aromatic ring is 1. The number of ether oxygens (including phenoxy) is 1. The van der Waals surface area contributed by atoms with Crippen LogP contribution in [-0.4, -0.2) is 54.1 Å². The number of carbonyl (C=O) groups excluding carboxylic acids is 2. The zero-order chi connectivity index (χ0) is 28.0. The second-order valence-corrected chi connectivity index (χ2v) is 10.3. The van der Waals surface area contributed by atoms with Gasteiger partial charge in [0.05, 0.1) is 29.9 Å². The molecular weight excluding hydrogens is 539 g/mol. The van der Waals surface area contributed by atoms with E-state index in [-0.39, 0.29) is 23.8 Å². The Morgan fingerprint density at radius 2 is 1.87 bits per heavy atom. The second kappa shape index (κ2) is 12.5. The maximum absolute atomic E-state index is 12.5. The molecule has 0 unspecified atom stereocenters. The predicted octanol–water partition coefficient (Wildman–Crippen LogP) is 4.81. The molecule has 1 aliphatic heterocycles. The number of aromatic nitrogens is 2. The summed E-state index contributed by atoms with van der Waals surface area (Å²) in [6.45, 7) is 3.76. The van der Waals surface area contributed by atoms with Gasteiger partial charge in [0.2, 0.25) is 5.91 Å². The van der Waals surface area contributed by atoms with Crippen molar-refractivity contribution in [1.82, 2.24) is 15.3 Å². The van der Waals surface area contributed by atoms with Crippen LogP contribution in [0.15, 0.2) is 54.7 Å². The molecule has 2 aromatic carbocycles. The third kappa shape index (κ3) is 7.26. The maximum atomic E-state index is 12.5. The van der Waals surface area contributed by atoms with Crippen LogP contribution in [-0.2, 0) is 14.3 Å².